The standard InChI is InChI=1S/C15H18N6O4/c1-15(2)24-8-9(13(22)20-3-4-20)23-14(10(8)25-15)21-6-19-7-11(16)17-5-18-12(7)21/h5-6,8-10,14H,3-4H2,1-2H3,(H2,16,17,18)/t8-,9+,10-,14-/m1/s1. The number of nitrogens with two attached hydrogens (primary N) is 1. The fourth-order valence-electron chi connectivity index (χ4n) is 3.51. The van der Waals surface area contributed by atoms with E-state index in [2.05, 4.69) is 15.0 Å². The zero-order chi connectivity index (χ0) is 17.3. The van der Waals surface area contributed by atoms with E-state index in [4.69, 9.17) is 19.9 Å². The minimum atomic E-state index is -0.792. The van der Waals surface area contributed by atoms with Gasteiger partial charge in [-0.05, 0) is 13.8 Å². The molecule has 5 heterocycles. The van der Waals surface area contributed by atoms with Crippen molar-refractivity contribution in [2.24, 2.45) is 0 Å². The lowest BCUT2D eigenvalue weighted by Gasteiger charge is -2.24. The molecule has 0 bridgehead atoms. The van der Waals surface area contributed by atoms with Gasteiger partial charge in [0.2, 0.25) is 0 Å². The highest BCUT2D eigenvalue weighted by molar-refractivity contribution is 5.84. The zero-order valence-electron chi connectivity index (χ0n) is 13.8. The fraction of sp³-hybridized carbons (Fsp3) is 0.600. The number of carbonyl (C=O) groups is 1. The normalized spacial score (nSPS) is 33.0. The Morgan fingerprint density at radius 1 is 1.24 bits per heavy atom. The van der Waals surface area contributed by atoms with Gasteiger partial charge in [0.05, 0.1) is 6.33 Å². The number of nitrogen functional groups attached to an aromatic ring is 1. The number of hydrogen-bond donors (Lipinski definition) is 1. The predicted molar refractivity (Wildman–Crippen MR) is 84.1 cm³/mol. The van der Waals surface area contributed by atoms with Crippen molar-refractivity contribution in [3.63, 3.8) is 0 Å². The van der Waals surface area contributed by atoms with E-state index in [0.717, 1.165) is 13.1 Å². The highest BCUT2D eigenvalue weighted by Crippen LogP contribution is 2.44. The summed E-state index contributed by atoms with van der Waals surface area (Å²) >= 11 is 0. The number of amides is 1. The van der Waals surface area contributed by atoms with Crippen molar-refractivity contribution in [3.8, 4) is 0 Å². The van der Waals surface area contributed by atoms with E-state index < -0.39 is 30.3 Å². The van der Waals surface area contributed by atoms with E-state index >= 15 is 0 Å². The summed E-state index contributed by atoms with van der Waals surface area (Å²) in [6, 6.07) is 0. The molecule has 2 aromatic heterocycles. The second-order valence-electron chi connectivity index (χ2n) is 6.92. The first-order valence-electron chi connectivity index (χ1n) is 8.17. The zero-order valence-corrected chi connectivity index (χ0v) is 13.8. The van der Waals surface area contributed by atoms with Crippen LogP contribution in [0.25, 0.3) is 11.2 Å². The van der Waals surface area contributed by atoms with Crippen LogP contribution < -0.4 is 5.73 Å². The number of ether oxygens (including phenoxy) is 3. The second-order valence-corrected chi connectivity index (χ2v) is 6.92. The molecule has 3 aliphatic rings. The molecular weight excluding hydrogens is 328 g/mol. The van der Waals surface area contributed by atoms with Gasteiger partial charge in [0, 0.05) is 13.1 Å². The molecule has 1 amide bonds. The van der Waals surface area contributed by atoms with Gasteiger partial charge < -0.3 is 24.8 Å². The highest BCUT2D eigenvalue weighted by atomic mass is 16.8. The highest BCUT2D eigenvalue weighted by Gasteiger charge is 2.59. The third kappa shape index (κ3) is 2.21. The Morgan fingerprint density at radius 3 is 2.76 bits per heavy atom. The van der Waals surface area contributed by atoms with E-state index in [1.165, 1.54) is 6.33 Å². The minimum Gasteiger partial charge on any atom is -0.382 e. The molecule has 132 valence electrons. The number of anilines is 1. The molecule has 0 unspecified atom stereocenters. The molecule has 10 heteroatoms. The maximum Gasteiger partial charge on any atom is 0.254 e. The van der Waals surface area contributed by atoms with Crippen molar-refractivity contribution in [1.29, 1.82) is 0 Å². The number of carbonyl (C=O) groups excluding carboxylic acids is 1. The topological polar surface area (TPSA) is 117 Å². The molecule has 10 nitrogen and oxygen atoms in total. The first-order valence-corrected chi connectivity index (χ1v) is 8.17. The van der Waals surface area contributed by atoms with Gasteiger partial charge >= 0.3 is 0 Å². The van der Waals surface area contributed by atoms with E-state index in [1.54, 1.807) is 15.8 Å². The Morgan fingerprint density at radius 2 is 2.00 bits per heavy atom. The van der Waals surface area contributed by atoms with Crippen molar-refractivity contribution in [1.82, 2.24) is 24.4 Å². The Balaban J connectivity index is 1.56. The maximum atomic E-state index is 12.6. The van der Waals surface area contributed by atoms with Gasteiger partial charge in [0.1, 0.15) is 24.1 Å². The molecule has 2 aromatic rings. The summed E-state index contributed by atoms with van der Waals surface area (Å²) in [6.07, 6.45) is 0.728. The van der Waals surface area contributed by atoms with Crippen LogP contribution >= 0.6 is 0 Å². The van der Waals surface area contributed by atoms with Gasteiger partial charge in [-0.2, -0.15) is 0 Å². The SMILES string of the molecule is CC1(C)O[C@@H]2[C@H](O1)[C@@H](C(=O)N1CC1)O[C@H]2n1cnc2c(N)ncnc21. The van der Waals surface area contributed by atoms with Crippen LogP contribution in [-0.4, -0.2) is 67.5 Å². The van der Waals surface area contributed by atoms with Crippen LogP contribution in [-0.2, 0) is 19.0 Å². The summed E-state index contributed by atoms with van der Waals surface area (Å²) in [7, 11) is 0. The third-order valence-electron chi connectivity index (χ3n) is 4.69. The summed E-state index contributed by atoms with van der Waals surface area (Å²) in [4.78, 5) is 26.8. The Bertz CT molecular complexity index is 863. The van der Waals surface area contributed by atoms with Crippen molar-refractivity contribution < 1.29 is 19.0 Å². The molecule has 25 heavy (non-hydrogen) atoms. The molecule has 0 radical (unpaired) electrons. The second kappa shape index (κ2) is 4.87. The number of fused-ring (bicyclic) bond motifs is 2. The van der Waals surface area contributed by atoms with Crippen LogP contribution in [0.15, 0.2) is 12.7 Å². The Hall–Kier alpha value is -2.30. The largest absolute Gasteiger partial charge is 0.382 e. The average molecular weight is 346 g/mol. The number of nitrogens with zero attached hydrogens (tertiary/aromatic N) is 5. The molecular formula is C15H18N6O4. The molecule has 4 atom stereocenters. The summed E-state index contributed by atoms with van der Waals surface area (Å²) in [5.74, 6) is -0.574. The lowest BCUT2D eigenvalue weighted by molar-refractivity contribution is -0.198. The number of hydrogen-bond acceptors (Lipinski definition) is 8. The molecule has 0 aromatic carbocycles. The quantitative estimate of drug-likeness (QED) is 0.735. The van der Waals surface area contributed by atoms with Crippen molar-refractivity contribution in [3.05, 3.63) is 12.7 Å². The van der Waals surface area contributed by atoms with Gasteiger partial charge in [-0.15, -0.1) is 0 Å². The summed E-state index contributed by atoms with van der Waals surface area (Å²) < 4.78 is 19.8. The smallest absolute Gasteiger partial charge is 0.254 e. The van der Waals surface area contributed by atoms with E-state index in [9.17, 15) is 4.79 Å². The monoisotopic (exact) mass is 346 g/mol. The molecule has 3 fully saturated rings. The van der Waals surface area contributed by atoms with E-state index in [1.807, 2.05) is 13.8 Å². The van der Waals surface area contributed by atoms with E-state index in [-0.39, 0.29) is 5.91 Å². The summed E-state index contributed by atoms with van der Waals surface area (Å²) in [5.41, 5.74) is 6.88. The summed E-state index contributed by atoms with van der Waals surface area (Å²) in [5, 5.41) is 0. The predicted octanol–water partition coefficient (Wildman–Crippen LogP) is -0.332. The van der Waals surface area contributed by atoms with Gasteiger partial charge in [-0.25, -0.2) is 15.0 Å². The summed E-state index contributed by atoms with van der Waals surface area (Å²) in [6.45, 7) is 5.16. The Kier molecular flexibility index (Phi) is 2.92. The number of aromatic nitrogens is 4. The molecule has 3 saturated heterocycles. The first kappa shape index (κ1) is 15.0. The van der Waals surface area contributed by atoms with Gasteiger partial charge in [0.15, 0.2) is 29.6 Å². The van der Waals surface area contributed by atoms with Crippen LogP contribution in [0.4, 0.5) is 5.82 Å². The lowest BCUT2D eigenvalue weighted by Crippen LogP contribution is -2.39. The van der Waals surface area contributed by atoms with Gasteiger partial charge in [-0.1, -0.05) is 0 Å². The van der Waals surface area contributed by atoms with Crippen LogP contribution in [0, 0.1) is 0 Å². The molecule has 5 rings (SSSR count). The fourth-order valence-corrected chi connectivity index (χ4v) is 3.51. The molecule has 0 aliphatic carbocycles. The van der Waals surface area contributed by atoms with Crippen LogP contribution in [0.2, 0.25) is 0 Å². The van der Waals surface area contributed by atoms with E-state index in [0.29, 0.717) is 17.0 Å². The van der Waals surface area contributed by atoms with Crippen molar-refractivity contribution in [2.75, 3.05) is 18.8 Å². The maximum absolute atomic E-state index is 12.6. The lowest BCUT2D eigenvalue weighted by atomic mass is 10.1. The average Bonchev–Trinajstić information content (AvgIpc) is 3.13. The molecule has 0 saturated carbocycles. The van der Waals surface area contributed by atoms with Crippen LogP contribution in [0.3, 0.4) is 0 Å². The third-order valence-corrected chi connectivity index (χ3v) is 4.69. The number of imidazole rings is 1. The number of rotatable bonds is 2. The molecule has 3 aliphatic heterocycles. The first-order chi connectivity index (χ1) is 11.9. The van der Waals surface area contributed by atoms with Gasteiger partial charge in [0.25, 0.3) is 5.91 Å². The van der Waals surface area contributed by atoms with Crippen molar-refractivity contribution >= 4 is 22.9 Å². The van der Waals surface area contributed by atoms with Crippen LogP contribution in [0.5, 0.6) is 0 Å². The Labute approximate surface area is 142 Å². The molecule has 2 N–H and O–H groups in total. The molecule has 0 spiro atoms. The van der Waals surface area contributed by atoms with Crippen LogP contribution in [0.1, 0.15) is 20.1 Å². The van der Waals surface area contributed by atoms with Crippen molar-refractivity contribution in [2.45, 2.75) is 44.2 Å². The minimum absolute atomic E-state index is 0.0719. The van der Waals surface area contributed by atoms with Gasteiger partial charge in [-0.3, -0.25) is 9.36 Å².